The van der Waals surface area contributed by atoms with Gasteiger partial charge in [0.15, 0.2) is 4.73 Å². The Balaban J connectivity index is 1.86. The molecule has 4 heterocycles. The first-order valence-electron chi connectivity index (χ1n) is 7.86. The summed E-state index contributed by atoms with van der Waals surface area (Å²) >= 11 is 3.28. The first-order chi connectivity index (χ1) is 10.7. The van der Waals surface area contributed by atoms with Gasteiger partial charge in [-0.3, -0.25) is 9.89 Å². The van der Waals surface area contributed by atoms with Crippen molar-refractivity contribution >= 4 is 27.4 Å². The number of aromatic amines is 1. The summed E-state index contributed by atoms with van der Waals surface area (Å²) in [5, 5.41) is 6.50. The summed E-state index contributed by atoms with van der Waals surface area (Å²) in [5.74, 6) is 0.426. The highest BCUT2D eigenvalue weighted by Crippen LogP contribution is 2.30. The van der Waals surface area contributed by atoms with Crippen LogP contribution < -0.4 is 15.8 Å². The molecule has 4 rings (SSSR count). The van der Waals surface area contributed by atoms with Crippen LogP contribution in [0.2, 0.25) is 0 Å². The van der Waals surface area contributed by atoms with Crippen LogP contribution in [0.5, 0.6) is 0 Å². The molecule has 7 nitrogen and oxygen atoms in total. The second-order valence-corrected chi connectivity index (χ2v) is 6.72. The Morgan fingerprint density at radius 2 is 2.23 bits per heavy atom. The molecule has 2 aliphatic rings. The monoisotopic (exact) mass is 366 g/mol. The van der Waals surface area contributed by atoms with Crippen LogP contribution in [0.1, 0.15) is 31.9 Å². The fourth-order valence-corrected chi connectivity index (χ4v) is 4.12. The number of aromatic nitrogens is 4. The molecule has 2 unspecified atom stereocenters. The molecule has 2 saturated heterocycles. The maximum atomic E-state index is 13.0. The van der Waals surface area contributed by atoms with Crippen molar-refractivity contribution in [2.24, 2.45) is 0 Å². The smallest absolute Gasteiger partial charge is 0.297 e. The number of nitrogens with one attached hydrogen (secondary N) is 2. The fraction of sp³-hybridized carbons (Fsp3) is 0.643. The van der Waals surface area contributed by atoms with E-state index < -0.39 is 0 Å². The van der Waals surface area contributed by atoms with Gasteiger partial charge in [0.2, 0.25) is 0 Å². The zero-order valence-corrected chi connectivity index (χ0v) is 14.1. The lowest BCUT2D eigenvalue weighted by molar-refractivity contribution is 0.382. The van der Waals surface area contributed by atoms with E-state index in [1.807, 2.05) is 6.92 Å². The maximum Gasteiger partial charge on any atom is 0.297 e. The van der Waals surface area contributed by atoms with Crippen LogP contribution in [0.15, 0.2) is 9.53 Å². The van der Waals surface area contributed by atoms with E-state index in [4.69, 9.17) is 0 Å². The third kappa shape index (κ3) is 2.08. The number of H-pyrrole nitrogens is 1. The molecule has 2 N–H and O–H groups in total. The zero-order chi connectivity index (χ0) is 15.3. The minimum absolute atomic E-state index is 0.0497. The Morgan fingerprint density at radius 1 is 1.36 bits per heavy atom. The number of piperidine rings is 1. The van der Waals surface area contributed by atoms with Crippen LogP contribution in [-0.2, 0) is 6.42 Å². The van der Waals surface area contributed by atoms with Gasteiger partial charge in [0.25, 0.3) is 11.3 Å². The molecule has 118 valence electrons. The highest BCUT2D eigenvalue weighted by Gasteiger charge is 2.38. The topological polar surface area (TPSA) is 78.3 Å². The molecule has 0 aliphatic carbocycles. The third-order valence-electron chi connectivity index (χ3n) is 4.77. The van der Waals surface area contributed by atoms with E-state index in [0.29, 0.717) is 22.6 Å². The molecular formula is C14H19BrN6O. The molecule has 0 saturated carbocycles. The first kappa shape index (κ1) is 14.2. The molecular weight excluding hydrogens is 348 g/mol. The second-order valence-electron chi connectivity index (χ2n) is 5.97. The van der Waals surface area contributed by atoms with Crippen molar-refractivity contribution in [1.82, 2.24) is 24.9 Å². The summed E-state index contributed by atoms with van der Waals surface area (Å²) in [7, 11) is 0. The number of hydrogen-bond acceptors (Lipinski definition) is 5. The van der Waals surface area contributed by atoms with Crippen LogP contribution in [0.4, 0.5) is 5.69 Å². The Bertz CT molecular complexity index is 769. The van der Waals surface area contributed by atoms with E-state index in [2.05, 4.69) is 41.2 Å². The second kappa shape index (κ2) is 5.34. The van der Waals surface area contributed by atoms with Crippen molar-refractivity contribution < 1.29 is 0 Å². The highest BCUT2D eigenvalue weighted by molar-refractivity contribution is 9.10. The molecule has 0 radical (unpaired) electrons. The normalized spacial score (nSPS) is 24.9. The highest BCUT2D eigenvalue weighted by atomic mass is 79.9. The van der Waals surface area contributed by atoms with Gasteiger partial charge < -0.3 is 10.2 Å². The molecule has 0 spiro atoms. The summed E-state index contributed by atoms with van der Waals surface area (Å²) in [4.78, 5) is 24.0. The van der Waals surface area contributed by atoms with Gasteiger partial charge in [-0.25, -0.2) is 4.98 Å². The lowest BCUT2D eigenvalue weighted by Gasteiger charge is -2.33. The largest absolute Gasteiger partial charge is 0.361 e. The van der Waals surface area contributed by atoms with Crippen LogP contribution in [0, 0.1) is 0 Å². The van der Waals surface area contributed by atoms with E-state index in [9.17, 15) is 4.79 Å². The lowest BCUT2D eigenvalue weighted by atomic mass is 9.99. The molecule has 0 aromatic carbocycles. The van der Waals surface area contributed by atoms with Gasteiger partial charge >= 0.3 is 0 Å². The van der Waals surface area contributed by atoms with Gasteiger partial charge in [0, 0.05) is 18.6 Å². The summed E-state index contributed by atoms with van der Waals surface area (Å²) < 4.78 is 1.96. The first-order valence-corrected chi connectivity index (χ1v) is 8.65. The van der Waals surface area contributed by atoms with Crippen molar-refractivity contribution in [3.05, 3.63) is 20.8 Å². The molecule has 22 heavy (non-hydrogen) atoms. The summed E-state index contributed by atoms with van der Waals surface area (Å²) in [5.41, 5.74) is 1.54. The van der Waals surface area contributed by atoms with E-state index in [1.165, 1.54) is 4.52 Å². The Kier molecular flexibility index (Phi) is 3.45. The molecule has 0 bridgehead atoms. The number of anilines is 1. The Hall–Kier alpha value is -1.41. The van der Waals surface area contributed by atoms with Crippen molar-refractivity contribution in [2.45, 2.75) is 44.7 Å². The van der Waals surface area contributed by atoms with Gasteiger partial charge in [-0.2, -0.15) is 9.50 Å². The van der Waals surface area contributed by atoms with E-state index in [0.717, 1.165) is 50.2 Å². The predicted octanol–water partition coefficient (Wildman–Crippen LogP) is 1.07. The predicted molar refractivity (Wildman–Crippen MR) is 87.5 cm³/mol. The Morgan fingerprint density at radius 3 is 3.05 bits per heavy atom. The molecule has 2 fully saturated rings. The average molecular weight is 367 g/mol. The number of aryl methyl sites for hydroxylation is 1. The van der Waals surface area contributed by atoms with Crippen LogP contribution in [0.3, 0.4) is 0 Å². The van der Waals surface area contributed by atoms with Gasteiger partial charge in [0.05, 0.1) is 5.69 Å². The summed E-state index contributed by atoms with van der Waals surface area (Å²) in [6, 6.07) is 0.894. The molecule has 8 heteroatoms. The molecule has 2 atom stereocenters. The van der Waals surface area contributed by atoms with Crippen molar-refractivity contribution in [3.8, 4) is 0 Å². The van der Waals surface area contributed by atoms with Crippen molar-refractivity contribution in [3.63, 3.8) is 0 Å². The van der Waals surface area contributed by atoms with E-state index >= 15 is 0 Å². The minimum atomic E-state index is -0.0497. The molecule has 2 aromatic heterocycles. The van der Waals surface area contributed by atoms with Gasteiger partial charge in [0.1, 0.15) is 5.69 Å². The van der Waals surface area contributed by atoms with Crippen LogP contribution >= 0.6 is 15.9 Å². The van der Waals surface area contributed by atoms with Gasteiger partial charge in [-0.15, -0.1) is 0 Å². The molecule has 0 amide bonds. The van der Waals surface area contributed by atoms with E-state index in [1.54, 1.807) is 0 Å². The number of nitrogens with zero attached hydrogens (tertiary/aromatic N) is 4. The number of halogens is 1. The van der Waals surface area contributed by atoms with Crippen LogP contribution in [0.25, 0.3) is 5.78 Å². The van der Waals surface area contributed by atoms with Crippen molar-refractivity contribution in [1.29, 1.82) is 0 Å². The maximum absolute atomic E-state index is 13.0. The Labute approximate surface area is 136 Å². The van der Waals surface area contributed by atoms with Crippen LogP contribution in [-0.4, -0.2) is 44.8 Å². The fourth-order valence-electron chi connectivity index (χ4n) is 3.78. The van der Waals surface area contributed by atoms with Gasteiger partial charge in [-0.1, -0.05) is 6.92 Å². The number of fused-ring (bicyclic) bond motifs is 2. The summed E-state index contributed by atoms with van der Waals surface area (Å²) in [6.07, 6.45) is 4.11. The SMILES string of the molecule is CCc1nc2nc(Br)[nH]n2c(=O)c1N1CCC2NCCCC21. The van der Waals surface area contributed by atoms with E-state index in [-0.39, 0.29) is 5.56 Å². The van der Waals surface area contributed by atoms with Gasteiger partial charge in [-0.05, 0) is 48.2 Å². The number of hydrogen-bond donors (Lipinski definition) is 2. The quantitative estimate of drug-likeness (QED) is 0.831. The summed E-state index contributed by atoms with van der Waals surface area (Å²) in [6.45, 7) is 4.03. The van der Waals surface area contributed by atoms with Crippen molar-refractivity contribution in [2.75, 3.05) is 18.0 Å². The minimum Gasteiger partial charge on any atom is -0.361 e. The number of rotatable bonds is 2. The average Bonchev–Trinajstić information content (AvgIpc) is 3.10. The molecule has 2 aromatic rings. The third-order valence-corrected chi connectivity index (χ3v) is 5.12. The standard InChI is InChI=1S/C14H19BrN6O/c1-2-8-11(12(22)21-14(17-8)18-13(15)19-21)20-7-5-9-10(20)4-3-6-16-9/h9-10,16H,2-7H2,1H3,(H,17,18,19). The zero-order valence-electron chi connectivity index (χ0n) is 12.5. The molecule has 2 aliphatic heterocycles. The lowest BCUT2D eigenvalue weighted by Crippen LogP contribution is -2.48.